The van der Waals surface area contributed by atoms with Crippen molar-refractivity contribution in [3.05, 3.63) is 59.6 Å². The van der Waals surface area contributed by atoms with Crippen LogP contribution in [-0.2, 0) is 11.3 Å². The fourth-order valence-corrected chi connectivity index (χ4v) is 2.39. The summed E-state index contributed by atoms with van der Waals surface area (Å²) in [5.74, 6) is -2.98. The molecule has 1 N–H and O–H groups in total. The molecule has 1 aromatic carbocycles. The van der Waals surface area contributed by atoms with Gasteiger partial charge in [-0.05, 0) is 30.2 Å². The first-order valence-corrected chi connectivity index (χ1v) is 7.83. The Bertz CT molecular complexity index is 725. The van der Waals surface area contributed by atoms with Crippen LogP contribution in [0.15, 0.2) is 41.0 Å². The lowest BCUT2D eigenvalue weighted by molar-refractivity contribution is -0.133. The van der Waals surface area contributed by atoms with E-state index in [1.807, 2.05) is 0 Å². The van der Waals surface area contributed by atoms with Crippen LogP contribution >= 0.6 is 0 Å². The van der Waals surface area contributed by atoms with Crippen LogP contribution in [0.1, 0.15) is 30.0 Å². The second kappa shape index (κ2) is 7.92. The van der Waals surface area contributed by atoms with Crippen molar-refractivity contribution in [2.75, 3.05) is 7.05 Å². The molecule has 2 aromatic rings. The standard InChI is InChI=1S/C18H20F2N2O3/c1-11(2)16(18(24)22(3)10-12-6-5-9-25-12)21-17(23)15-13(19)7-4-8-14(15)20/h4-9,11,16H,10H2,1-3H3,(H,21,23). The van der Waals surface area contributed by atoms with E-state index in [4.69, 9.17) is 4.42 Å². The molecule has 1 unspecified atom stereocenters. The van der Waals surface area contributed by atoms with Crippen molar-refractivity contribution in [3.8, 4) is 0 Å². The van der Waals surface area contributed by atoms with Gasteiger partial charge in [-0.1, -0.05) is 19.9 Å². The molecule has 0 aliphatic rings. The summed E-state index contributed by atoms with van der Waals surface area (Å²) in [6.45, 7) is 3.70. The Hall–Kier alpha value is -2.70. The first kappa shape index (κ1) is 18.6. The molecule has 1 atom stereocenters. The predicted octanol–water partition coefficient (Wildman–Crippen LogP) is 2.97. The number of likely N-dealkylation sites (N-methyl/N-ethyl adjacent to an activating group) is 1. The average molecular weight is 350 g/mol. The molecule has 0 aliphatic heterocycles. The fourth-order valence-electron chi connectivity index (χ4n) is 2.39. The number of nitrogens with zero attached hydrogens (tertiary/aromatic N) is 1. The first-order valence-electron chi connectivity index (χ1n) is 7.83. The number of carbonyl (C=O) groups excluding carboxylic acids is 2. The molecule has 0 saturated carbocycles. The Morgan fingerprint density at radius 3 is 2.32 bits per heavy atom. The molecule has 7 heteroatoms. The maximum absolute atomic E-state index is 13.8. The highest BCUT2D eigenvalue weighted by Gasteiger charge is 2.29. The van der Waals surface area contributed by atoms with E-state index in [0.29, 0.717) is 5.76 Å². The van der Waals surface area contributed by atoms with Gasteiger partial charge in [0.05, 0.1) is 12.8 Å². The van der Waals surface area contributed by atoms with E-state index in [2.05, 4.69) is 5.32 Å². The highest BCUT2D eigenvalue weighted by Crippen LogP contribution is 2.14. The molecule has 0 fully saturated rings. The highest BCUT2D eigenvalue weighted by molar-refractivity contribution is 5.98. The summed E-state index contributed by atoms with van der Waals surface area (Å²) >= 11 is 0. The summed E-state index contributed by atoms with van der Waals surface area (Å²) in [6.07, 6.45) is 1.50. The molecule has 0 saturated heterocycles. The number of halogens is 2. The van der Waals surface area contributed by atoms with Crippen LogP contribution in [0.4, 0.5) is 8.78 Å². The third kappa shape index (κ3) is 4.43. The molecule has 0 spiro atoms. The second-order valence-electron chi connectivity index (χ2n) is 6.07. The van der Waals surface area contributed by atoms with Gasteiger partial charge in [0.2, 0.25) is 5.91 Å². The first-order chi connectivity index (χ1) is 11.8. The van der Waals surface area contributed by atoms with E-state index in [1.165, 1.54) is 17.2 Å². The third-order valence-corrected chi connectivity index (χ3v) is 3.76. The van der Waals surface area contributed by atoms with Gasteiger partial charge in [-0.15, -0.1) is 0 Å². The van der Waals surface area contributed by atoms with Crippen molar-refractivity contribution in [2.24, 2.45) is 5.92 Å². The van der Waals surface area contributed by atoms with E-state index in [-0.39, 0.29) is 18.4 Å². The fraction of sp³-hybridized carbons (Fsp3) is 0.333. The smallest absolute Gasteiger partial charge is 0.257 e. The van der Waals surface area contributed by atoms with Gasteiger partial charge in [-0.2, -0.15) is 0 Å². The van der Waals surface area contributed by atoms with Crippen molar-refractivity contribution in [2.45, 2.75) is 26.4 Å². The van der Waals surface area contributed by atoms with Crippen LogP contribution in [0.2, 0.25) is 0 Å². The number of nitrogens with one attached hydrogen (secondary N) is 1. The Balaban J connectivity index is 2.14. The summed E-state index contributed by atoms with van der Waals surface area (Å²) in [4.78, 5) is 26.3. The van der Waals surface area contributed by atoms with Crippen molar-refractivity contribution < 1.29 is 22.8 Å². The van der Waals surface area contributed by atoms with Crippen LogP contribution in [0, 0.1) is 17.6 Å². The van der Waals surface area contributed by atoms with Crippen LogP contribution in [0.5, 0.6) is 0 Å². The Labute approximate surface area is 144 Å². The molecule has 2 rings (SSSR count). The predicted molar refractivity (Wildman–Crippen MR) is 87.6 cm³/mol. The van der Waals surface area contributed by atoms with Gasteiger partial charge in [0, 0.05) is 7.05 Å². The van der Waals surface area contributed by atoms with E-state index in [0.717, 1.165) is 12.1 Å². The van der Waals surface area contributed by atoms with Gasteiger partial charge in [-0.3, -0.25) is 9.59 Å². The normalized spacial score (nSPS) is 12.1. The molecule has 0 aliphatic carbocycles. The largest absolute Gasteiger partial charge is 0.467 e. The molecule has 5 nitrogen and oxygen atoms in total. The lowest BCUT2D eigenvalue weighted by atomic mass is 10.0. The number of hydrogen-bond acceptors (Lipinski definition) is 3. The number of rotatable bonds is 6. The van der Waals surface area contributed by atoms with Crippen LogP contribution in [-0.4, -0.2) is 29.8 Å². The van der Waals surface area contributed by atoms with E-state index in [9.17, 15) is 18.4 Å². The molecular formula is C18H20F2N2O3. The van der Waals surface area contributed by atoms with Gasteiger partial charge >= 0.3 is 0 Å². The lowest BCUT2D eigenvalue weighted by Gasteiger charge is -2.26. The molecule has 1 aromatic heterocycles. The average Bonchev–Trinajstić information content (AvgIpc) is 3.04. The second-order valence-corrected chi connectivity index (χ2v) is 6.07. The van der Waals surface area contributed by atoms with Crippen LogP contribution in [0.25, 0.3) is 0 Å². The minimum absolute atomic E-state index is 0.221. The summed E-state index contributed by atoms with van der Waals surface area (Å²) in [6, 6.07) is 5.66. The molecule has 1 heterocycles. The number of carbonyl (C=O) groups is 2. The quantitative estimate of drug-likeness (QED) is 0.871. The molecule has 0 bridgehead atoms. The Morgan fingerprint density at radius 2 is 1.80 bits per heavy atom. The highest BCUT2D eigenvalue weighted by atomic mass is 19.1. The SMILES string of the molecule is CC(C)C(NC(=O)c1c(F)cccc1F)C(=O)N(C)Cc1ccco1. The van der Waals surface area contributed by atoms with Crippen molar-refractivity contribution in [3.63, 3.8) is 0 Å². The lowest BCUT2D eigenvalue weighted by Crippen LogP contribution is -2.50. The zero-order valence-corrected chi connectivity index (χ0v) is 14.3. The van der Waals surface area contributed by atoms with Crippen molar-refractivity contribution in [1.29, 1.82) is 0 Å². The van der Waals surface area contributed by atoms with E-state index >= 15 is 0 Å². The Kier molecular flexibility index (Phi) is 5.90. The Morgan fingerprint density at radius 1 is 1.16 bits per heavy atom. The minimum atomic E-state index is -0.976. The summed E-state index contributed by atoms with van der Waals surface area (Å²) in [5.41, 5.74) is -0.699. The van der Waals surface area contributed by atoms with Gasteiger partial charge in [0.25, 0.3) is 5.91 Å². The number of benzene rings is 1. The monoisotopic (exact) mass is 350 g/mol. The van der Waals surface area contributed by atoms with Gasteiger partial charge in [-0.25, -0.2) is 8.78 Å². The maximum atomic E-state index is 13.8. The molecule has 0 radical (unpaired) electrons. The van der Waals surface area contributed by atoms with Crippen LogP contribution < -0.4 is 5.32 Å². The maximum Gasteiger partial charge on any atom is 0.257 e. The molecule has 134 valence electrons. The van der Waals surface area contributed by atoms with Crippen molar-refractivity contribution >= 4 is 11.8 Å². The van der Waals surface area contributed by atoms with Crippen molar-refractivity contribution in [1.82, 2.24) is 10.2 Å². The third-order valence-electron chi connectivity index (χ3n) is 3.76. The topological polar surface area (TPSA) is 62.6 Å². The number of furan rings is 1. The minimum Gasteiger partial charge on any atom is -0.467 e. The van der Waals surface area contributed by atoms with Gasteiger partial charge < -0.3 is 14.6 Å². The van der Waals surface area contributed by atoms with Gasteiger partial charge in [0.1, 0.15) is 29.0 Å². The summed E-state index contributed by atoms with van der Waals surface area (Å²) in [7, 11) is 1.57. The molecule has 25 heavy (non-hydrogen) atoms. The number of hydrogen-bond donors (Lipinski definition) is 1. The summed E-state index contributed by atoms with van der Waals surface area (Å²) in [5, 5.41) is 2.43. The van der Waals surface area contributed by atoms with E-state index < -0.39 is 29.1 Å². The molecular weight excluding hydrogens is 330 g/mol. The van der Waals surface area contributed by atoms with Gasteiger partial charge in [0.15, 0.2) is 0 Å². The van der Waals surface area contributed by atoms with Crippen LogP contribution in [0.3, 0.4) is 0 Å². The molecule has 2 amide bonds. The van der Waals surface area contributed by atoms with E-state index in [1.54, 1.807) is 33.0 Å². The zero-order chi connectivity index (χ0) is 18.6. The number of amides is 2. The summed E-state index contributed by atoms with van der Waals surface area (Å²) < 4.78 is 32.7. The zero-order valence-electron chi connectivity index (χ0n) is 14.3.